The van der Waals surface area contributed by atoms with Crippen molar-refractivity contribution < 1.29 is 9.32 Å². The third-order valence-electron chi connectivity index (χ3n) is 4.38. The van der Waals surface area contributed by atoms with Crippen LogP contribution in [0.1, 0.15) is 23.3 Å². The minimum atomic E-state index is -0.0735. The molecule has 1 amide bonds. The first kappa shape index (κ1) is 14.7. The lowest BCUT2D eigenvalue weighted by molar-refractivity contribution is 0.0711. The minimum absolute atomic E-state index is 0.0735. The Bertz CT molecular complexity index is 811. The lowest BCUT2D eigenvalue weighted by Gasteiger charge is -2.23. The second-order valence-corrected chi connectivity index (χ2v) is 5.97. The summed E-state index contributed by atoms with van der Waals surface area (Å²) < 4.78 is 7.23. The summed E-state index contributed by atoms with van der Waals surface area (Å²) in [4.78, 5) is 14.7. The molecular formula is C18H18N4O2. The summed E-state index contributed by atoms with van der Waals surface area (Å²) in [6, 6.07) is 13.4. The number of hydrogen-bond acceptors (Lipinski definition) is 4. The average molecular weight is 322 g/mol. The van der Waals surface area contributed by atoms with Crippen molar-refractivity contribution in [2.45, 2.75) is 25.4 Å². The van der Waals surface area contributed by atoms with Crippen LogP contribution in [0.4, 0.5) is 0 Å². The van der Waals surface area contributed by atoms with E-state index in [4.69, 9.17) is 4.52 Å². The van der Waals surface area contributed by atoms with E-state index in [0.29, 0.717) is 18.0 Å². The van der Waals surface area contributed by atoms with Crippen molar-refractivity contribution in [2.75, 3.05) is 6.54 Å². The second kappa shape index (κ2) is 6.31. The molecule has 0 aliphatic carbocycles. The molecule has 1 atom stereocenters. The molecule has 6 nitrogen and oxygen atoms in total. The van der Waals surface area contributed by atoms with Crippen molar-refractivity contribution in [2.24, 2.45) is 0 Å². The number of amides is 1. The maximum atomic E-state index is 12.8. The number of carbonyl (C=O) groups excluding carboxylic acids is 1. The largest absolute Gasteiger partial charge is 0.355 e. The zero-order chi connectivity index (χ0) is 16.4. The maximum Gasteiger partial charge on any atom is 0.276 e. The Hall–Kier alpha value is -2.89. The molecule has 0 N–H and O–H groups in total. The van der Waals surface area contributed by atoms with Gasteiger partial charge in [0.15, 0.2) is 11.5 Å². The molecule has 0 saturated carbocycles. The molecule has 0 bridgehead atoms. The van der Waals surface area contributed by atoms with Crippen LogP contribution in [0.2, 0.25) is 0 Å². The van der Waals surface area contributed by atoms with Crippen LogP contribution in [0.15, 0.2) is 59.4 Å². The first-order valence-electron chi connectivity index (χ1n) is 8.12. The number of likely N-dealkylation sites (tertiary alicyclic amines) is 1. The number of hydrogen-bond donors (Lipinski definition) is 0. The molecule has 1 aliphatic rings. The summed E-state index contributed by atoms with van der Waals surface area (Å²) in [5, 5.41) is 8.21. The van der Waals surface area contributed by atoms with Crippen LogP contribution in [0.5, 0.6) is 0 Å². The Labute approximate surface area is 139 Å². The molecule has 6 heteroatoms. The predicted octanol–water partition coefficient (Wildman–Crippen LogP) is 2.84. The van der Waals surface area contributed by atoms with Gasteiger partial charge in [-0.1, -0.05) is 35.5 Å². The van der Waals surface area contributed by atoms with E-state index in [1.54, 1.807) is 12.3 Å². The topological polar surface area (TPSA) is 64.2 Å². The molecule has 1 aromatic carbocycles. The Kier molecular flexibility index (Phi) is 3.86. The van der Waals surface area contributed by atoms with Gasteiger partial charge < -0.3 is 9.42 Å². The van der Waals surface area contributed by atoms with Crippen LogP contribution >= 0.6 is 0 Å². The van der Waals surface area contributed by atoms with Gasteiger partial charge in [0, 0.05) is 30.6 Å². The van der Waals surface area contributed by atoms with Gasteiger partial charge in [-0.25, -0.2) is 0 Å². The highest BCUT2D eigenvalue weighted by atomic mass is 16.5. The molecule has 3 aromatic rings. The minimum Gasteiger partial charge on any atom is -0.355 e. The highest BCUT2D eigenvalue weighted by Gasteiger charge is 2.31. The summed E-state index contributed by atoms with van der Waals surface area (Å²) in [5.74, 6) is 0.539. The monoisotopic (exact) mass is 322 g/mol. The smallest absolute Gasteiger partial charge is 0.276 e. The van der Waals surface area contributed by atoms with E-state index in [9.17, 15) is 4.79 Å². The molecule has 0 unspecified atom stereocenters. The van der Waals surface area contributed by atoms with Crippen LogP contribution in [0.25, 0.3) is 11.3 Å². The van der Waals surface area contributed by atoms with E-state index >= 15 is 0 Å². The van der Waals surface area contributed by atoms with Crippen LogP contribution in [0, 0.1) is 0 Å². The molecule has 0 spiro atoms. The maximum absolute atomic E-state index is 12.8. The summed E-state index contributed by atoms with van der Waals surface area (Å²) >= 11 is 0. The van der Waals surface area contributed by atoms with Crippen LogP contribution < -0.4 is 0 Å². The second-order valence-electron chi connectivity index (χ2n) is 5.97. The van der Waals surface area contributed by atoms with E-state index in [1.165, 1.54) is 0 Å². The van der Waals surface area contributed by atoms with Gasteiger partial charge in [0.05, 0.1) is 12.6 Å². The van der Waals surface area contributed by atoms with E-state index in [2.05, 4.69) is 10.3 Å². The molecule has 1 saturated heterocycles. The quantitative estimate of drug-likeness (QED) is 0.741. The first-order valence-corrected chi connectivity index (χ1v) is 8.12. The highest BCUT2D eigenvalue weighted by molar-refractivity contribution is 5.93. The predicted molar refractivity (Wildman–Crippen MR) is 88.2 cm³/mol. The molecule has 24 heavy (non-hydrogen) atoms. The fourth-order valence-corrected chi connectivity index (χ4v) is 3.18. The fraction of sp³-hybridized carbons (Fsp3) is 0.278. The van der Waals surface area contributed by atoms with Gasteiger partial charge >= 0.3 is 0 Å². The van der Waals surface area contributed by atoms with Gasteiger partial charge in [0.25, 0.3) is 5.91 Å². The Morgan fingerprint density at radius 3 is 2.92 bits per heavy atom. The summed E-state index contributed by atoms with van der Waals surface area (Å²) in [5.41, 5.74) is 1.28. The van der Waals surface area contributed by atoms with Crippen LogP contribution in [-0.4, -0.2) is 38.3 Å². The number of nitrogens with zero attached hydrogens (tertiary/aromatic N) is 4. The normalized spacial score (nSPS) is 17.3. The summed E-state index contributed by atoms with van der Waals surface area (Å²) in [7, 11) is 0. The van der Waals surface area contributed by atoms with Crippen molar-refractivity contribution in [3.8, 4) is 11.3 Å². The van der Waals surface area contributed by atoms with Gasteiger partial charge in [0.2, 0.25) is 0 Å². The van der Waals surface area contributed by atoms with Gasteiger partial charge in [0.1, 0.15) is 0 Å². The molecule has 2 aromatic heterocycles. The zero-order valence-electron chi connectivity index (χ0n) is 13.2. The Morgan fingerprint density at radius 2 is 2.12 bits per heavy atom. The van der Waals surface area contributed by atoms with Crippen molar-refractivity contribution >= 4 is 5.91 Å². The van der Waals surface area contributed by atoms with Gasteiger partial charge in [-0.15, -0.1) is 0 Å². The highest BCUT2D eigenvalue weighted by Crippen LogP contribution is 2.24. The van der Waals surface area contributed by atoms with Crippen LogP contribution in [-0.2, 0) is 6.54 Å². The molecule has 0 radical (unpaired) electrons. The molecule has 122 valence electrons. The van der Waals surface area contributed by atoms with E-state index in [0.717, 1.165) is 24.9 Å². The number of rotatable bonds is 4. The SMILES string of the molecule is O=C(c1cc(-c2ccccc2)on1)N1CCC[C@@H]1Cn1cccn1. The summed E-state index contributed by atoms with van der Waals surface area (Å²) in [6.45, 7) is 1.46. The van der Waals surface area contributed by atoms with Gasteiger partial charge in [-0.3, -0.25) is 9.48 Å². The van der Waals surface area contributed by atoms with Gasteiger partial charge in [-0.2, -0.15) is 5.10 Å². The average Bonchev–Trinajstić information content (AvgIpc) is 3.37. The van der Waals surface area contributed by atoms with E-state index < -0.39 is 0 Å². The van der Waals surface area contributed by atoms with E-state index in [-0.39, 0.29) is 11.9 Å². The molecule has 1 aliphatic heterocycles. The van der Waals surface area contributed by atoms with Crippen molar-refractivity contribution in [1.82, 2.24) is 19.8 Å². The first-order chi connectivity index (χ1) is 11.8. The zero-order valence-corrected chi connectivity index (χ0v) is 13.2. The Morgan fingerprint density at radius 1 is 1.25 bits per heavy atom. The lowest BCUT2D eigenvalue weighted by atomic mass is 10.1. The number of aromatic nitrogens is 3. The molecule has 4 rings (SSSR count). The Balaban J connectivity index is 1.52. The third kappa shape index (κ3) is 2.82. The van der Waals surface area contributed by atoms with Crippen molar-refractivity contribution in [3.63, 3.8) is 0 Å². The number of carbonyl (C=O) groups is 1. The molecule has 3 heterocycles. The number of benzene rings is 1. The summed E-state index contributed by atoms with van der Waals surface area (Å²) in [6.07, 6.45) is 5.66. The van der Waals surface area contributed by atoms with E-state index in [1.807, 2.05) is 52.2 Å². The van der Waals surface area contributed by atoms with Crippen molar-refractivity contribution in [1.29, 1.82) is 0 Å². The lowest BCUT2D eigenvalue weighted by Crippen LogP contribution is -2.38. The molecule has 1 fully saturated rings. The van der Waals surface area contributed by atoms with Gasteiger partial charge in [-0.05, 0) is 18.9 Å². The fourth-order valence-electron chi connectivity index (χ4n) is 3.18. The third-order valence-corrected chi connectivity index (χ3v) is 4.38. The van der Waals surface area contributed by atoms with Crippen molar-refractivity contribution in [3.05, 3.63) is 60.6 Å². The molecular weight excluding hydrogens is 304 g/mol. The van der Waals surface area contributed by atoms with Crippen LogP contribution in [0.3, 0.4) is 0 Å². The standard InChI is InChI=1S/C18H18N4O2/c23-18(16-12-17(24-20-16)14-6-2-1-3-7-14)22-11-4-8-15(22)13-21-10-5-9-19-21/h1-3,5-7,9-10,12,15H,4,8,11,13H2/t15-/m1/s1.